The maximum Gasteiger partial charge on any atom is 0.257 e. The first kappa shape index (κ1) is 23.7. The van der Waals surface area contributed by atoms with E-state index in [1.165, 1.54) is 6.20 Å². The van der Waals surface area contributed by atoms with Crippen molar-refractivity contribution < 1.29 is 9.59 Å². The Morgan fingerprint density at radius 2 is 1.62 bits per heavy atom. The van der Waals surface area contributed by atoms with Crippen molar-refractivity contribution in [2.75, 3.05) is 5.32 Å². The normalized spacial score (nSPS) is 10.6. The van der Waals surface area contributed by atoms with Crippen molar-refractivity contribution in [2.24, 2.45) is 0 Å². The molecule has 2 N–H and O–H groups in total. The van der Waals surface area contributed by atoms with Crippen LogP contribution in [0.1, 0.15) is 31.8 Å². The van der Waals surface area contributed by atoms with Crippen LogP contribution in [-0.4, -0.2) is 26.6 Å². The highest BCUT2D eigenvalue weighted by molar-refractivity contribution is 6.05. The second-order valence-corrected chi connectivity index (χ2v) is 8.52. The van der Waals surface area contributed by atoms with Gasteiger partial charge in [-0.2, -0.15) is 5.10 Å². The van der Waals surface area contributed by atoms with E-state index in [1.54, 1.807) is 48.8 Å². The van der Waals surface area contributed by atoms with Gasteiger partial charge in [-0.15, -0.1) is 0 Å². The standard InChI is InChI=1S/C30H25N5O2/c36-29(24-7-3-9-27(18-24)34-30(37)26-8-4-15-31-19-26)32-20-25-6-1-2-10-28(25)23-13-11-22(12-14-23)21-35-17-5-16-33-35/h1-19H,20-21H2,(H,32,36)(H,34,37). The number of aromatic nitrogens is 3. The summed E-state index contributed by atoms with van der Waals surface area (Å²) in [7, 11) is 0. The molecule has 0 spiro atoms. The number of anilines is 1. The van der Waals surface area contributed by atoms with Gasteiger partial charge in [0.2, 0.25) is 0 Å². The summed E-state index contributed by atoms with van der Waals surface area (Å²) < 4.78 is 1.89. The molecule has 0 aliphatic carbocycles. The van der Waals surface area contributed by atoms with Crippen LogP contribution >= 0.6 is 0 Å². The Morgan fingerprint density at radius 1 is 0.784 bits per heavy atom. The number of rotatable bonds is 8. The lowest BCUT2D eigenvalue weighted by Crippen LogP contribution is -2.23. The molecule has 7 heteroatoms. The molecule has 5 rings (SSSR count). The molecule has 37 heavy (non-hydrogen) atoms. The summed E-state index contributed by atoms with van der Waals surface area (Å²) in [6.07, 6.45) is 6.82. The fraction of sp³-hybridized carbons (Fsp3) is 0.0667. The fourth-order valence-corrected chi connectivity index (χ4v) is 4.04. The Balaban J connectivity index is 1.25. The molecular weight excluding hydrogens is 462 g/mol. The number of pyridine rings is 1. The largest absolute Gasteiger partial charge is 0.348 e. The zero-order chi connectivity index (χ0) is 25.5. The number of carbonyl (C=O) groups excluding carboxylic acids is 2. The van der Waals surface area contributed by atoms with E-state index in [0.717, 1.165) is 22.3 Å². The Morgan fingerprint density at radius 3 is 2.41 bits per heavy atom. The van der Waals surface area contributed by atoms with E-state index in [0.29, 0.717) is 29.9 Å². The van der Waals surface area contributed by atoms with Crippen LogP contribution < -0.4 is 10.6 Å². The minimum absolute atomic E-state index is 0.221. The van der Waals surface area contributed by atoms with Gasteiger partial charge in [-0.25, -0.2) is 0 Å². The highest BCUT2D eigenvalue weighted by Crippen LogP contribution is 2.24. The molecule has 5 aromatic rings. The van der Waals surface area contributed by atoms with Crippen LogP contribution in [0, 0.1) is 0 Å². The molecule has 0 saturated carbocycles. The minimum atomic E-state index is -0.282. The van der Waals surface area contributed by atoms with E-state index >= 15 is 0 Å². The van der Waals surface area contributed by atoms with Gasteiger partial charge in [-0.05, 0) is 58.7 Å². The van der Waals surface area contributed by atoms with Crippen molar-refractivity contribution in [1.82, 2.24) is 20.1 Å². The number of benzene rings is 3. The van der Waals surface area contributed by atoms with Gasteiger partial charge in [-0.3, -0.25) is 19.3 Å². The second kappa shape index (κ2) is 11.1. The number of carbonyl (C=O) groups is 2. The maximum absolute atomic E-state index is 12.9. The van der Waals surface area contributed by atoms with E-state index in [-0.39, 0.29) is 11.8 Å². The number of nitrogens with one attached hydrogen (secondary N) is 2. The predicted octanol–water partition coefficient (Wildman–Crippen LogP) is 5.18. The van der Waals surface area contributed by atoms with Crippen molar-refractivity contribution in [2.45, 2.75) is 13.1 Å². The molecule has 0 bridgehead atoms. The molecule has 2 heterocycles. The molecule has 0 atom stereocenters. The van der Waals surface area contributed by atoms with Gasteiger partial charge >= 0.3 is 0 Å². The molecular formula is C30H25N5O2. The zero-order valence-corrected chi connectivity index (χ0v) is 20.0. The lowest BCUT2D eigenvalue weighted by Gasteiger charge is -2.12. The Hall–Kier alpha value is -5.04. The molecule has 7 nitrogen and oxygen atoms in total. The van der Waals surface area contributed by atoms with Gasteiger partial charge in [0, 0.05) is 42.6 Å². The van der Waals surface area contributed by atoms with Crippen molar-refractivity contribution in [3.8, 4) is 11.1 Å². The molecule has 0 saturated heterocycles. The molecule has 0 aliphatic heterocycles. The lowest BCUT2D eigenvalue weighted by atomic mass is 9.98. The monoisotopic (exact) mass is 487 g/mol. The van der Waals surface area contributed by atoms with Crippen LogP contribution in [0.4, 0.5) is 5.69 Å². The number of hydrogen-bond donors (Lipinski definition) is 2. The molecule has 0 radical (unpaired) electrons. The van der Waals surface area contributed by atoms with E-state index in [9.17, 15) is 9.59 Å². The van der Waals surface area contributed by atoms with Gasteiger partial charge in [0.1, 0.15) is 0 Å². The topological polar surface area (TPSA) is 88.9 Å². The Bertz CT molecular complexity index is 1500. The predicted molar refractivity (Wildman–Crippen MR) is 143 cm³/mol. The molecule has 2 amide bonds. The van der Waals surface area contributed by atoms with Gasteiger partial charge in [0.05, 0.1) is 12.1 Å². The van der Waals surface area contributed by atoms with Crippen LogP contribution in [0.5, 0.6) is 0 Å². The number of hydrogen-bond acceptors (Lipinski definition) is 4. The Kier molecular flexibility index (Phi) is 7.13. The van der Waals surface area contributed by atoms with Crippen molar-refractivity contribution >= 4 is 17.5 Å². The average molecular weight is 488 g/mol. The first-order chi connectivity index (χ1) is 18.2. The summed E-state index contributed by atoms with van der Waals surface area (Å²) in [5, 5.41) is 10.1. The third-order valence-corrected chi connectivity index (χ3v) is 5.93. The molecule has 3 aromatic carbocycles. The summed E-state index contributed by atoms with van der Waals surface area (Å²) in [4.78, 5) is 29.3. The highest BCUT2D eigenvalue weighted by atomic mass is 16.2. The van der Waals surface area contributed by atoms with Gasteiger partial charge < -0.3 is 10.6 Å². The minimum Gasteiger partial charge on any atom is -0.348 e. The van der Waals surface area contributed by atoms with E-state index < -0.39 is 0 Å². The van der Waals surface area contributed by atoms with Gasteiger partial charge in [0.25, 0.3) is 11.8 Å². The zero-order valence-electron chi connectivity index (χ0n) is 20.0. The van der Waals surface area contributed by atoms with Crippen molar-refractivity contribution in [1.29, 1.82) is 0 Å². The molecule has 182 valence electrons. The fourth-order valence-electron chi connectivity index (χ4n) is 4.04. The van der Waals surface area contributed by atoms with Crippen molar-refractivity contribution in [3.05, 3.63) is 138 Å². The van der Waals surface area contributed by atoms with Crippen LogP contribution in [-0.2, 0) is 13.1 Å². The van der Waals surface area contributed by atoms with Crippen LogP contribution in [0.3, 0.4) is 0 Å². The quantitative estimate of drug-likeness (QED) is 0.316. The number of nitrogens with zero attached hydrogens (tertiary/aromatic N) is 3. The third-order valence-electron chi connectivity index (χ3n) is 5.93. The molecule has 0 aliphatic rings. The molecule has 2 aromatic heterocycles. The van der Waals surface area contributed by atoms with Crippen LogP contribution in [0.2, 0.25) is 0 Å². The second-order valence-electron chi connectivity index (χ2n) is 8.52. The van der Waals surface area contributed by atoms with E-state index in [4.69, 9.17) is 0 Å². The first-order valence-corrected chi connectivity index (χ1v) is 11.9. The average Bonchev–Trinajstić information content (AvgIpc) is 3.46. The summed E-state index contributed by atoms with van der Waals surface area (Å²) in [6, 6.07) is 28.6. The van der Waals surface area contributed by atoms with Gasteiger partial charge in [0.15, 0.2) is 0 Å². The molecule has 0 fully saturated rings. The summed E-state index contributed by atoms with van der Waals surface area (Å²) in [5.74, 6) is -0.503. The van der Waals surface area contributed by atoms with E-state index in [2.05, 4.69) is 51.0 Å². The summed E-state index contributed by atoms with van der Waals surface area (Å²) in [5.41, 5.74) is 5.76. The molecule has 0 unspecified atom stereocenters. The Labute approximate surface area is 214 Å². The van der Waals surface area contributed by atoms with Crippen LogP contribution in [0.15, 0.2) is 116 Å². The maximum atomic E-state index is 12.9. The number of amides is 2. The lowest BCUT2D eigenvalue weighted by molar-refractivity contribution is 0.0949. The summed E-state index contributed by atoms with van der Waals surface area (Å²) in [6.45, 7) is 1.09. The SMILES string of the molecule is O=C(NCc1ccccc1-c1ccc(Cn2cccn2)cc1)c1cccc(NC(=O)c2cccnc2)c1. The summed E-state index contributed by atoms with van der Waals surface area (Å²) >= 11 is 0. The first-order valence-electron chi connectivity index (χ1n) is 11.9. The van der Waals surface area contributed by atoms with Crippen LogP contribution in [0.25, 0.3) is 11.1 Å². The van der Waals surface area contributed by atoms with Gasteiger partial charge in [-0.1, -0.05) is 54.6 Å². The smallest absolute Gasteiger partial charge is 0.257 e. The third kappa shape index (κ3) is 5.97. The van der Waals surface area contributed by atoms with E-state index in [1.807, 2.05) is 35.1 Å². The highest BCUT2D eigenvalue weighted by Gasteiger charge is 2.11. The van der Waals surface area contributed by atoms with Crippen molar-refractivity contribution in [3.63, 3.8) is 0 Å².